The second-order valence-corrected chi connectivity index (χ2v) is 5.43. The van der Waals surface area contributed by atoms with Crippen LogP contribution in [0.4, 0.5) is 11.6 Å². The van der Waals surface area contributed by atoms with Crippen LogP contribution in [0, 0.1) is 0 Å². The van der Waals surface area contributed by atoms with Gasteiger partial charge in [0, 0.05) is 24.7 Å². The highest BCUT2D eigenvalue weighted by Crippen LogP contribution is 2.31. The molecule has 0 atom stereocenters. The number of rotatable bonds is 7. The molecule has 0 fully saturated rings. The summed E-state index contributed by atoms with van der Waals surface area (Å²) in [5.41, 5.74) is 1.23. The van der Waals surface area contributed by atoms with Gasteiger partial charge < -0.3 is 10.2 Å². The van der Waals surface area contributed by atoms with Crippen LogP contribution < -0.4 is 10.2 Å². The molecule has 0 radical (unpaired) electrons. The first-order valence-corrected chi connectivity index (χ1v) is 7.38. The lowest BCUT2D eigenvalue weighted by Gasteiger charge is -2.31. The van der Waals surface area contributed by atoms with Crippen molar-refractivity contribution in [3.05, 3.63) is 11.9 Å². The lowest BCUT2D eigenvalue weighted by atomic mass is 10.0. The lowest BCUT2D eigenvalue weighted by Crippen LogP contribution is -2.33. The van der Waals surface area contributed by atoms with Gasteiger partial charge in [-0.25, -0.2) is 9.97 Å². The Hall–Kier alpha value is -1.32. The summed E-state index contributed by atoms with van der Waals surface area (Å²) in [5, 5.41) is 3.36. The number of hydrogen-bond acceptors (Lipinski definition) is 4. The molecule has 0 saturated carbocycles. The highest BCUT2D eigenvalue weighted by Gasteiger charge is 2.20. The van der Waals surface area contributed by atoms with Crippen LogP contribution in [0.1, 0.15) is 59.4 Å². The highest BCUT2D eigenvalue weighted by molar-refractivity contribution is 5.60. The van der Waals surface area contributed by atoms with Gasteiger partial charge in [-0.05, 0) is 33.1 Å². The standard InChI is InChI=1S/C15H28N4/c1-7-9-19(12(5)6)15-13(11(3)4)14(16-8-2)17-10-18-15/h10-12H,7-9H2,1-6H3,(H,16,17,18). The lowest BCUT2D eigenvalue weighted by molar-refractivity contribution is 0.652. The maximum atomic E-state index is 4.56. The minimum absolute atomic E-state index is 0.406. The van der Waals surface area contributed by atoms with Gasteiger partial charge in [-0.1, -0.05) is 20.8 Å². The van der Waals surface area contributed by atoms with E-state index >= 15 is 0 Å². The Balaban J connectivity index is 3.27. The molecule has 108 valence electrons. The molecule has 0 spiro atoms. The topological polar surface area (TPSA) is 41.1 Å². The van der Waals surface area contributed by atoms with Crippen molar-refractivity contribution in [3.8, 4) is 0 Å². The molecule has 1 aromatic rings. The minimum Gasteiger partial charge on any atom is -0.370 e. The van der Waals surface area contributed by atoms with E-state index in [-0.39, 0.29) is 0 Å². The van der Waals surface area contributed by atoms with Gasteiger partial charge in [0.2, 0.25) is 0 Å². The number of hydrogen-bond donors (Lipinski definition) is 1. The van der Waals surface area contributed by atoms with E-state index in [1.807, 2.05) is 0 Å². The van der Waals surface area contributed by atoms with E-state index in [0.29, 0.717) is 12.0 Å². The van der Waals surface area contributed by atoms with Gasteiger partial charge in [0.05, 0.1) is 0 Å². The minimum atomic E-state index is 0.406. The molecule has 0 amide bonds. The molecule has 1 heterocycles. The van der Waals surface area contributed by atoms with Crippen molar-refractivity contribution in [3.63, 3.8) is 0 Å². The van der Waals surface area contributed by atoms with E-state index in [2.05, 4.69) is 61.7 Å². The second-order valence-electron chi connectivity index (χ2n) is 5.43. The molecule has 4 heteroatoms. The first-order chi connectivity index (χ1) is 9.02. The summed E-state index contributed by atoms with van der Waals surface area (Å²) >= 11 is 0. The summed E-state index contributed by atoms with van der Waals surface area (Å²) in [5.74, 6) is 2.46. The predicted octanol–water partition coefficient (Wildman–Crippen LogP) is 3.66. The Morgan fingerprint density at radius 1 is 1.16 bits per heavy atom. The number of nitrogens with zero attached hydrogens (tertiary/aromatic N) is 3. The summed E-state index contributed by atoms with van der Waals surface area (Å²) in [7, 11) is 0. The van der Waals surface area contributed by atoms with E-state index in [4.69, 9.17) is 0 Å². The van der Waals surface area contributed by atoms with Gasteiger partial charge in [-0.3, -0.25) is 0 Å². The Morgan fingerprint density at radius 3 is 2.32 bits per heavy atom. The predicted molar refractivity (Wildman–Crippen MR) is 83.1 cm³/mol. The van der Waals surface area contributed by atoms with Crippen molar-refractivity contribution in [2.24, 2.45) is 0 Å². The van der Waals surface area contributed by atoms with Crippen molar-refractivity contribution in [1.29, 1.82) is 0 Å². The third-order valence-corrected chi connectivity index (χ3v) is 3.14. The molecule has 0 aliphatic carbocycles. The molecule has 4 nitrogen and oxygen atoms in total. The summed E-state index contributed by atoms with van der Waals surface area (Å²) < 4.78 is 0. The zero-order valence-corrected chi connectivity index (χ0v) is 13.2. The first kappa shape index (κ1) is 15.7. The quantitative estimate of drug-likeness (QED) is 0.816. The average molecular weight is 264 g/mol. The van der Waals surface area contributed by atoms with E-state index in [0.717, 1.165) is 31.1 Å². The van der Waals surface area contributed by atoms with Gasteiger partial charge in [0.15, 0.2) is 0 Å². The fourth-order valence-corrected chi connectivity index (χ4v) is 2.30. The maximum Gasteiger partial charge on any atom is 0.137 e. The Labute approximate surface area is 117 Å². The third-order valence-electron chi connectivity index (χ3n) is 3.14. The van der Waals surface area contributed by atoms with Crippen LogP contribution in [0.5, 0.6) is 0 Å². The molecule has 0 aromatic carbocycles. The average Bonchev–Trinajstić information content (AvgIpc) is 2.35. The highest BCUT2D eigenvalue weighted by atomic mass is 15.2. The summed E-state index contributed by atoms with van der Waals surface area (Å²) in [6, 6.07) is 0.446. The molecule has 0 aliphatic heterocycles. The van der Waals surface area contributed by atoms with Crippen LogP contribution in [0.3, 0.4) is 0 Å². The number of anilines is 2. The Bertz CT molecular complexity index is 388. The van der Waals surface area contributed by atoms with Crippen molar-refractivity contribution in [2.45, 2.75) is 59.9 Å². The van der Waals surface area contributed by atoms with E-state index in [1.165, 1.54) is 5.56 Å². The van der Waals surface area contributed by atoms with Gasteiger partial charge in [-0.2, -0.15) is 0 Å². The van der Waals surface area contributed by atoms with Crippen LogP contribution in [0.2, 0.25) is 0 Å². The van der Waals surface area contributed by atoms with Gasteiger partial charge in [0.1, 0.15) is 18.0 Å². The largest absolute Gasteiger partial charge is 0.370 e. The molecular formula is C15H28N4. The number of aromatic nitrogens is 2. The molecular weight excluding hydrogens is 236 g/mol. The molecule has 0 aliphatic rings. The summed E-state index contributed by atoms with van der Waals surface area (Å²) in [4.78, 5) is 11.3. The third kappa shape index (κ3) is 3.82. The molecule has 0 saturated heterocycles. The van der Waals surface area contributed by atoms with Gasteiger partial charge >= 0.3 is 0 Å². The maximum absolute atomic E-state index is 4.56. The Morgan fingerprint density at radius 2 is 1.84 bits per heavy atom. The fraction of sp³-hybridized carbons (Fsp3) is 0.733. The first-order valence-electron chi connectivity index (χ1n) is 7.38. The van der Waals surface area contributed by atoms with Crippen molar-refractivity contribution < 1.29 is 0 Å². The Kier molecular flexibility index (Phi) is 6.06. The van der Waals surface area contributed by atoms with Gasteiger partial charge in [0.25, 0.3) is 0 Å². The van der Waals surface area contributed by atoms with Crippen LogP contribution >= 0.6 is 0 Å². The van der Waals surface area contributed by atoms with Crippen molar-refractivity contribution in [2.75, 3.05) is 23.3 Å². The molecule has 0 unspecified atom stereocenters. The SMILES string of the molecule is CCCN(c1ncnc(NCC)c1C(C)C)C(C)C. The van der Waals surface area contributed by atoms with E-state index in [1.54, 1.807) is 6.33 Å². The summed E-state index contributed by atoms with van der Waals surface area (Å²) in [6.45, 7) is 15.0. The normalized spacial score (nSPS) is 11.2. The monoisotopic (exact) mass is 264 g/mol. The van der Waals surface area contributed by atoms with E-state index in [9.17, 15) is 0 Å². The molecule has 0 bridgehead atoms. The zero-order chi connectivity index (χ0) is 14.4. The smallest absolute Gasteiger partial charge is 0.137 e. The van der Waals surface area contributed by atoms with Crippen molar-refractivity contribution in [1.82, 2.24) is 9.97 Å². The summed E-state index contributed by atoms with van der Waals surface area (Å²) in [6.07, 6.45) is 2.79. The fourth-order valence-electron chi connectivity index (χ4n) is 2.30. The molecule has 1 N–H and O–H groups in total. The van der Waals surface area contributed by atoms with Crippen molar-refractivity contribution >= 4 is 11.6 Å². The van der Waals surface area contributed by atoms with Crippen LogP contribution in [0.15, 0.2) is 6.33 Å². The van der Waals surface area contributed by atoms with E-state index < -0.39 is 0 Å². The van der Waals surface area contributed by atoms with Gasteiger partial charge in [-0.15, -0.1) is 0 Å². The van der Waals surface area contributed by atoms with Crippen LogP contribution in [-0.4, -0.2) is 29.1 Å². The molecule has 19 heavy (non-hydrogen) atoms. The molecule has 1 aromatic heterocycles. The van der Waals surface area contributed by atoms with Crippen LogP contribution in [0.25, 0.3) is 0 Å². The van der Waals surface area contributed by atoms with Crippen LogP contribution in [-0.2, 0) is 0 Å². The zero-order valence-electron chi connectivity index (χ0n) is 13.2. The second kappa shape index (κ2) is 7.31. The molecule has 1 rings (SSSR count). The number of nitrogens with one attached hydrogen (secondary N) is 1.